The molecule has 0 radical (unpaired) electrons. The Bertz CT molecular complexity index is 751. The lowest BCUT2D eigenvalue weighted by Gasteiger charge is -2.06. The van der Waals surface area contributed by atoms with Crippen molar-refractivity contribution in [2.75, 3.05) is 0 Å². The molecule has 1 aromatic carbocycles. The number of nitrogens with zero attached hydrogens (tertiary/aromatic N) is 2. The number of nitrogens with one attached hydrogen (secondary N) is 1. The number of aromatic nitrogens is 2. The van der Waals surface area contributed by atoms with Gasteiger partial charge in [-0.2, -0.15) is 10.2 Å². The maximum Gasteiger partial charge on any atom is 0.282 e. The zero-order valence-electron chi connectivity index (χ0n) is 12.3. The fraction of sp³-hybridized carbons (Fsp3) is 0.353. The van der Waals surface area contributed by atoms with Crippen molar-refractivity contribution in [3.8, 4) is 0 Å². The van der Waals surface area contributed by atoms with E-state index in [1.54, 1.807) is 12.1 Å². The number of carbonyl (C=O) groups is 1. The van der Waals surface area contributed by atoms with Gasteiger partial charge >= 0.3 is 0 Å². The Kier molecular flexibility index (Phi) is 3.16. The average Bonchev–Trinajstić information content (AvgIpc) is 3.50. The van der Waals surface area contributed by atoms with E-state index in [9.17, 15) is 4.79 Å². The highest BCUT2D eigenvalue weighted by Crippen LogP contribution is 2.66. The molecule has 2 aliphatic rings. The molecule has 0 unspecified atom stereocenters. The summed E-state index contributed by atoms with van der Waals surface area (Å²) in [6.07, 6.45) is 3.66. The first kappa shape index (κ1) is 14.3. The first-order chi connectivity index (χ1) is 11.2. The molecule has 2 aliphatic carbocycles. The predicted molar refractivity (Wildman–Crippen MR) is 79.7 cm³/mol. The van der Waals surface area contributed by atoms with E-state index in [1.165, 1.54) is 11.7 Å². The number of hydroxylamine groups is 1. The molecule has 0 aliphatic heterocycles. The predicted octanol–water partition coefficient (Wildman–Crippen LogP) is 2.45. The van der Waals surface area contributed by atoms with Crippen LogP contribution in [0.5, 0.6) is 0 Å². The second kappa shape index (κ2) is 5.09. The third-order valence-corrected chi connectivity index (χ3v) is 4.79. The lowest BCUT2D eigenvalue weighted by molar-refractivity contribution is -0.136. The monoisotopic (exact) mass is 313 g/mol. The Labute approximate surface area is 132 Å². The fourth-order valence-electron chi connectivity index (χ4n) is 3.40. The number of benzene rings is 1. The van der Waals surface area contributed by atoms with Crippen molar-refractivity contribution in [1.82, 2.24) is 15.7 Å². The second-order valence-electron chi connectivity index (χ2n) is 6.26. The maximum absolute atomic E-state index is 15.3. The third-order valence-electron chi connectivity index (χ3n) is 4.79. The summed E-state index contributed by atoms with van der Waals surface area (Å²) >= 11 is 0. The number of halogens is 1. The molecular formula is C17H16FN3O2. The SMILES string of the molecule is O=C(NO)[C@]1(F)[C@H](c2ccccc2)[C@H]1c1cnnc(C2CC2)c1. The Morgan fingerprint density at radius 3 is 2.57 bits per heavy atom. The van der Waals surface area contributed by atoms with Crippen LogP contribution in [0.4, 0.5) is 4.39 Å². The largest absolute Gasteiger partial charge is 0.289 e. The van der Waals surface area contributed by atoms with Crippen molar-refractivity contribution in [2.45, 2.75) is 36.3 Å². The molecule has 2 N–H and O–H groups in total. The summed E-state index contributed by atoms with van der Waals surface area (Å²) in [5.74, 6) is -1.91. The van der Waals surface area contributed by atoms with Crippen LogP contribution in [0.3, 0.4) is 0 Å². The average molecular weight is 313 g/mol. The summed E-state index contributed by atoms with van der Waals surface area (Å²) < 4.78 is 15.3. The van der Waals surface area contributed by atoms with Crippen molar-refractivity contribution >= 4 is 5.91 Å². The van der Waals surface area contributed by atoms with E-state index >= 15 is 4.39 Å². The topological polar surface area (TPSA) is 75.1 Å². The standard InChI is InChI=1S/C17H16FN3O2/c18-17(16(22)21-23)14(11-4-2-1-3-5-11)15(17)12-8-13(10-6-7-10)20-19-9-12/h1-5,8-10,14-15,23H,6-7H2,(H,21,22)/t14-,15-,17+/m1/s1. The maximum atomic E-state index is 15.3. The van der Waals surface area contributed by atoms with Gasteiger partial charge in [0.2, 0.25) is 5.67 Å². The molecule has 2 aromatic rings. The number of alkyl halides is 1. The second-order valence-corrected chi connectivity index (χ2v) is 6.26. The highest BCUT2D eigenvalue weighted by atomic mass is 19.1. The molecule has 23 heavy (non-hydrogen) atoms. The molecule has 2 fully saturated rings. The molecule has 4 rings (SSSR count). The van der Waals surface area contributed by atoms with E-state index < -0.39 is 23.4 Å². The van der Waals surface area contributed by atoms with Gasteiger partial charge in [-0.25, -0.2) is 9.87 Å². The van der Waals surface area contributed by atoms with Gasteiger partial charge in [0.1, 0.15) is 0 Å². The van der Waals surface area contributed by atoms with Gasteiger partial charge in [-0.05, 0) is 30.0 Å². The molecule has 118 valence electrons. The normalized spacial score (nSPS) is 29.1. The first-order valence-electron chi connectivity index (χ1n) is 7.67. The van der Waals surface area contributed by atoms with Gasteiger partial charge in [0.15, 0.2) is 0 Å². The number of hydrogen-bond acceptors (Lipinski definition) is 4. The van der Waals surface area contributed by atoms with E-state index in [2.05, 4.69) is 10.2 Å². The molecule has 1 aromatic heterocycles. The van der Waals surface area contributed by atoms with Crippen LogP contribution < -0.4 is 5.48 Å². The molecule has 1 heterocycles. The van der Waals surface area contributed by atoms with Crippen LogP contribution in [-0.2, 0) is 4.79 Å². The van der Waals surface area contributed by atoms with Crippen molar-refractivity contribution in [2.24, 2.45) is 0 Å². The molecule has 0 bridgehead atoms. The molecule has 0 saturated heterocycles. The minimum atomic E-state index is -2.17. The third kappa shape index (κ3) is 2.21. The summed E-state index contributed by atoms with van der Waals surface area (Å²) in [6.45, 7) is 0. The van der Waals surface area contributed by atoms with Crippen molar-refractivity contribution in [3.05, 3.63) is 59.4 Å². The lowest BCUT2D eigenvalue weighted by atomic mass is 10.1. The van der Waals surface area contributed by atoms with Crippen LogP contribution in [0, 0.1) is 0 Å². The molecule has 6 heteroatoms. The molecule has 0 spiro atoms. The Hall–Kier alpha value is -2.34. The van der Waals surface area contributed by atoms with E-state index in [0.717, 1.165) is 24.1 Å². The number of carbonyl (C=O) groups excluding carboxylic acids is 1. The fourth-order valence-corrected chi connectivity index (χ4v) is 3.40. The van der Waals surface area contributed by atoms with Gasteiger partial charge in [0.25, 0.3) is 5.91 Å². The van der Waals surface area contributed by atoms with E-state index in [1.807, 2.05) is 24.3 Å². The minimum absolute atomic E-state index is 0.400. The number of rotatable bonds is 4. The smallest absolute Gasteiger partial charge is 0.282 e. The first-order valence-corrected chi connectivity index (χ1v) is 7.67. The number of hydrogen-bond donors (Lipinski definition) is 2. The molecule has 1 amide bonds. The Balaban J connectivity index is 1.73. The Morgan fingerprint density at radius 2 is 1.91 bits per heavy atom. The van der Waals surface area contributed by atoms with Gasteiger partial charge in [0, 0.05) is 17.8 Å². The summed E-state index contributed by atoms with van der Waals surface area (Å²) in [5, 5.41) is 17.0. The summed E-state index contributed by atoms with van der Waals surface area (Å²) in [6, 6.07) is 10.9. The van der Waals surface area contributed by atoms with E-state index in [0.29, 0.717) is 11.5 Å². The highest BCUT2D eigenvalue weighted by Gasteiger charge is 2.72. The molecule has 3 atom stereocenters. The highest BCUT2D eigenvalue weighted by molar-refractivity contribution is 5.92. The zero-order chi connectivity index (χ0) is 16.0. The Morgan fingerprint density at radius 1 is 1.22 bits per heavy atom. The van der Waals surface area contributed by atoms with Crippen molar-refractivity contribution in [3.63, 3.8) is 0 Å². The summed E-state index contributed by atoms with van der Waals surface area (Å²) in [4.78, 5) is 11.9. The minimum Gasteiger partial charge on any atom is -0.289 e. The molecular weight excluding hydrogens is 297 g/mol. The van der Waals surface area contributed by atoms with Gasteiger partial charge in [0.05, 0.1) is 11.9 Å². The van der Waals surface area contributed by atoms with Gasteiger partial charge in [-0.3, -0.25) is 10.0 Å². The van der Waals surface area contributed by atoms with E-state index in [-0.39, 0.29) is 0 Å². The van der Waals surface area contributed by atoms with Crippen LogP contribution in [-0.4, -0.2) is 27.0 Å². The van der Waals surface area contributed by atoms with Crippen LogP contribution in [0.15, 0.2) is 42.6 Å². The molecule has 5 nitrogen and oxygen atoms in total. The van der Waals surface area contributed by atoms with Crippen molar-refractivity contribution < 1.29 is 14.4 Å². The number of amides is 1. The van der Waals surface area contributed by atoms with E-state index in [4.69, 9.17) is 5.21 Å². The quantitative estimate of drug-likeness (QED) is 0.671. The lowest BCUT2D eigenvalue weighted by Crippen LogP contribution is -2.33. The molecule has 2 saturated carbocycles. The van der Waals surface area contributed by atoms with Gasteiger partial charge in [-0.1, -0.05) is 30.3 Å². The van der Waals surface area contributed by atoms with Crippen LogP contribution in [0.2, 0.25) is 0 Å². The van der Waals surface area contributed by atoms with Crippen LogP contribution in [0.25, 0.3) is 0 Å². The summed E-state index contributed by atoms with van der Waals surface area (Å²) in [7, 11) is 0. The van der Waals surface area contributed by atoms with Crippen molar-refractivity contribution in [1.29, 1.82) is 0 Å². The van der Waals surface area contributed by atoms with Gasteiger partial charge in [-0.15, -0.1) is 0 Å². The van der Waals surface area contributed by atoms with Crippen LogP contribution >= 0.6 is 0 Å². The zero-order valence-corrected chi connectivity index (χ0v) is 12.3. The van der Waals surface area contributed by atoms with Gasteiger partial charge < -0.3 is 0 Å². The summed E-state index contributed by atoms with van der Waals surface area (Å²) in [5.41, 5.74) is 1.54. The van der Waals surface area contributed by atoms with Crippen LogP contribution in [0.1, 0.15) is 47.4 Å².